The van der Waals surface area contributed by atoms with E-state index in [1.165, 1.54) is 0 Å². The highest BCUT2D eigenvalue weighted by Gasteiger charge is 2.59. The number of hydrogen-bond donors (Lipinski definition) is 1. The third kappa shape index (κ3) is 5.49. The molecule has 0 fully saturated rings. The molecule has 24 heavy (non-hydrogen) atoms. The number of aliphatic carboxylic acids is 1. The third-order valence-electron chi connectivity index (χ3n) is 4.99. The monoisotopic (exact) mass is 342 g/mol. The van der Waals surface area contributed by atoms with Gasteiger partial charge in [-0.15, -0.1) is 0 Å². The lowest BCUT2D eigenvalue weighted by molar-refractivity contribution is -0.187. The molecule has 0 saturated heterocycles. The predicted octanol–water partition coefficient (Wildman–Crippen LogP) is 5.30. The molecule has 0 aliphatic heterocycles. The molecule has 0 amide bonds. The van der Waals surface area contributed by atoms with Crippen molar-refractivity contribution >= 4 is 11.9 Å². The Balaban J connectivity index is 5.13. The molecular weight excluding hydrogens is 304 g/mol. The quantitative estimate of drug-likeness (QED) is 0.332. The molecule has 0 rings (SSSR count). The van der Waals surface area contributed by atoms with Gasteiger partial charge in [-0.2, -0.15) is 0 Å². The number of esters is 1. The number of carboxylic acid groups (broad SMARTS) is 1. The summed E-state index contributed by atoms with van der Waals surface area (Å²) in [4.78, 5) is 25.0. The smallest absolute Gasteiger partial charge is 0.324 e. The van der Waals surface area contributed by atoms with Gasteiger partial charge in [-0.25, -0.2) is 0 Å². The van der Waals surface area contributed by atoms with Crippen LogP contribution < -0.4 is 0 Å². The first-order chi connectivity index (χ1) is 10.9. The zero-order valence-corrected chi connectivity index (χ0v) is 16.9. The van der Waals surface area contributed by atoms with Crippen molar-refractivity contribution in [1.29, 1.82) is 0 Å². The highest BCUT2D eigenvalue weighted by atomic mass is 16.5. The summed E-state index contributed by atoms with van der Waals surface area (Å²) in [6.07, 6.45) is 4.58. The van der Waals surface area contributed by atoms with Crippen LogP contribution in [0.5, 0.6) is 0 Å². The fraction of sp³-hybridized carbons (Fsp3) is 0.900. The topological polar surface area (TPSA) is 63.6 Å². The van der Waals surface area contributed by atoms with Crippen LogP contribution in [-0.2, 0) is 14.3 Å². The average molecular weight is 343 g/mol. The van der Waals surface area contributed by atoms with Gasteiger partial charge in [-0.3, -0.25) is 9.59 Å². The Bertz CT molecular complexity index is 406. The van der Waals surface area contributed by atoms with Crippen molar-refractivity contribution in [2.24, 2.45) is 22.7 Å². The minimum atomic E-state index is -1.53. The molecule has 0 radical (unpaired) electrons. The zero-order valence-electron chi connectivity index (χ0n) is 16.9. The van der Waals surface area contributed by atoms with Crippen LogP contribution in [0, 0.1) is 22.7 Å². The first-order valence-corrected chi connectivity index (χ1v) is 9.35. The lowest BCUT2D eigenvalue weighted by Crippen LogP contribution is -2.54. The van der Waals surface area contributed by atoms with Gasteiger partial charge >= 0.3 is 11.9 Å². The van der Waals surface area contributed by atoms with Crippen molar-refractivity contribution in [3.63, 3.8) is 0 Å². The first-order valence-electron chi connectivity index (χ1n) is 9.35. The molecule has 0 bridgehead atoms. The Kier molecular flexibility index (Phi) is 9.01. The summed E-state index contributed by atoms with van der Waals surface area (Å²) in [5, 5.41) is 9.86. The van der Waals surface area contributed by atoms with Crippen molar-refractivity contribution in [2.75, 3.05) is 0 Å². The number of carbonyl (C=O) groups excluding carboxylic acids is 1. The summed E-state index contributed by atoms with van der Waals surface area (Å²) in [6, 6.07) is 0. The number of unbranched alkanes of at least 4 members (excludes halogenated alkanes) is 1. The van der Waals surface area contributed by atoms with E-state index >= 15 is 0 Å². The SMILES string of the molecule is CCC(CCCCC(C)C)OC(=O)C(C(=O)O)(C(C)C)C(C)(C)C. The summed E-state index contributed by atoms with van der Waals surface area (Å²) < 4.78 is 5.70. The number of carboxylic acids is 1. The third-order valence-corrected chi connectivity index (χ3v) is 4.99. The maximum Gasteiger partial charge on any atom is 0.324 e. The molecule has 2 atom stereocenters. The van der Waals surface area contributed by atoms with Gasteiger partial charge in [0.25, 0.3) is 0 Å². The molecule has 0 aromatic heterocycles. The van der Waals surface area contributed by atoms with Crippen molar-refractivity contribution in [2.45, 2.75) is 93.6 Å². The summed E-state index contributed by atoms with van der Waals surface area (Å²) in [5.74, 6) is -1.35. The van der Waals surface area contributed by atoms with Crippen LogP contribution >= 0.6 is 0 Å². The van der Waals surface area contributed by atoms with Gasteiger partial charge in [-0.1, -0.05) is 68.2 Å². The number of rotatable bonds is 10. The van der Waals surface area contributed by atoms with Crippen LogP contribution in [0.4, 0.5) is 0 Å². The van der Waals surface area contributed by atoms with Gasteiger partial charge in [0.05, 0.1) is 0 Å². The van der Waals surface area contributed by atoms with Gasteiger partial charge in [-0.05, 0) is 36.5 Å². The average Bonchev–Trinajstić information content (AvgIpc) is 2.39. The largest absolute Gasteiger partial charge is 0.480 e. The number of carbonyl (C=O) groups is 2. The van der Waals surface area contributed by atoms with E-state index in [1.807, 2.05) is 6.92 Å². The molecule has 0 aliphatic carbocycles. The Labute approximate surface area is 148 Å². The molecule has 0 heterocycles. The van der Waals surface area contributed by atoms with Crippen molar-refractivity contribution < 1.29 is 19.4 Å². The molecular formula is C20H38O4. The summed E-state index contributed by atoms with van der Waals surface area (Å²) in [7, 11) is 0. The van der Waals surface area contributed by atoms with Crippen LogP contribution in [0.15, 0.2) is 0 Å². The van der Waals surface area contributed by atoms with Gasteiger partial charge in [0.1, 0.15) is 6.10 Å². The minimum Gasteiger partial charge on any atom is -0.480 e. The van der Waals surface area contributed by atoms with Crippen LogP contribution in [0.25, 0.3) is 0 Å². The normalized spacial score (nSPS) is 16.1. The van der Waals surface area contributed by atoms with E-state index in [4.69, 9.17) is 4.74 Å². The Morgan fingerprint density at radius 2 is 1.50 bits per heavy atom. The van der Waals surface area contributed by atoms with E-state index in [9.17, 15) is 14.7 Å². The molecule has 0 saturated carbocycles. The fourth-order valence-electron chi connectivity index (χ4n) is 3.58. The summed E-state index contributed by atoms with van der Waals surface area (Å²) in [6.45, 7) is 15.3. The molecule has 0 spiro atoms. The van der Waals surface area contributed by atoms with Gasteiger partial charge in [0.15, 0.2) is 5.41 Å². The fourth-order valence-corrected chi connectivity index (χ4v) is 3.58. The van der Waals surface area contributed by atoms with Crippen LogP contribution in [0.3, 0.4) is 0 Å². The second kappa shape index (κ2) is 9.43. The molecule has 0 aliphatic rings. The lowest BCUT2D eigenvalue weighted by atomic mass is 9.60. The Hall–Kier alpha value is -1.06. The molecule has 142 valence electrons. The first kappa shape index (κ1) is 22.9. The maximum atomic E-state index is 12.9. The summed E-state index contributed by atoms with van der Waals surface area (Å²) >= 11 is 0. The van der Waals surface area contributed by atoms with Crippen molar-refractivity contribution in [1.82, 2.24) is 0 Å². The van der Waals surface area contributed by atoms with Gasteiger partial charge < -0.3 is 9.84 Å². The van der Waals surface area contributed by atoms with Gasteiger partial charge in [0, 0.05) is 0 Å². The molecule has 2 unspecified atom stereocenters. The van der Waals surface area contributed by atoms with E-state index in [-0.39, 0.29) is 12.0 Å². The van der Waals surface area contributed by atoms with E-state index in [1.54, 1.807) is 34.6 Å². The van der Waals surface area contributed by atoms with Gasteiger partial charge in [0.2, 0.25) is 0 Å². The molecule has 4 heteroatoms. The van der Waals surface area contributed by atoms with E-state index in [0.717, 1.165) is 25.7 Å². The van der Waals surface area contributed by atoms with Crippen LogP contribution in [0.2, 0.25) is 0 Å². The molecule has 0 aromatic rings. The number of ether oxygens (including phenoxy) is 1. The minimum absolute atomic E-state index is 0.204. The maximum absolute atomic E-state index is 12.9. The lowest BCUT2D eigenvalue weighted by Gasteiger charge is -2.42. The Morgan fingerprint density at radius 3 is 1.83 bits per heavy atom. The standard InChI is InChI=1S/C20H38O4/c1-9-16(13-11-10-12-14(2)3)24-18(23)20(15(4)5,17(21)22)19(6,7)8/h14-16H,9-13H2,1-8H3,(H,21,22). The highest BCUT2D eigenvalue weighted by molar-refractivity contribution is 6.00. The van der Waals surface area contributed by atoms with Crippen molar-refractivity contribution in [3.8, 4) is 0 Å². The summed E-state index contributed by atoms with van der Waals surface area (Å²) in [5.41, 5.74) is -2.25. The second-order valence-corrected chi connectivity index (χ2v) is 8.63. The predicted molar refractivity (Wildman–Crippen MR) is 97.8 cm³/mol. The molecule has 0 aromatic carbocycles. The molecule has 4 nitrogen and oxygen atoms in total. The molecule has 1 N–H and O–H groups in total. The zero-order chi connectivity index (χ0) is 19.1. The van der Waals surface area contributed by atoms with E-state index < -0.39 is 22.8 Å². The number of hydrogen-bond acceptors (Lipinski definition) is 3. The van der Waals surface area contributed by atoms with Crippen molar-refractivity contribution in [3.05, 3.63) is 0 Å². The van der Waals surface area contributed by atoms with E-state index in [0.29, 0.717) is 12.3 Å². The van der Waals surface area contributed by atoms with Crippen LogP contribution in [-0.4, -0.2) is 23.1 Å². The second-order valence-electron chi connectivity index (χ2n) is 8.63. The van der Waals surface area contributed by atoms with Crippen LogP contribution in [0.1, 0.15) is 87.5 Å². The highest BCUT2D eigenvalue weighted by Crippen LogP contribution is 2.46. The Morgan fingerprint density at radius 1 is 1.00 bits per heavy atom. The van der Waals surface area contributed by atoms with E-state index in [2.05, 4.69) is 13.8 Å².